The number of hydrogen-bond donors (Lipinski definition) is 2. The van der Waals surface area contributed by atoms with Gasteiger partial charge in [-0.25, -0.2) is 0 Å². The lowest BCUT2D eigenvalue weighted by Crippen LogP contribution is -2.13. The van der Waals surface area contributed by atoms with Crippen molar-refractivity contribution in [2.75, 3.05) is 5.73 Å². The zero-order chi connectivity index (χ0) is 13.1. The molecule has 0 unspecified atom stereocenters. The summed E-state index contributed by atoms with van der Waals surface area (Å²) in [5, 5.41) is 0. The molecule has 2 aromatic rings. The van der Waals surface area contributed by atoms with E-state index < -0.39 is 5.91 Å². The maximum atomic E-state index is 11.3. The van der Waals surface area contributed by atoms with Gasteiger partial charge in [-0.2, -0.15) is 0 Å². The molecule has 0 fully saturated rings. The number of carbonyl (C=O) groups is 1. The SMILES string of the molecule is NC(=O)c1ccccc1[CH]c1cc(Br)ccc1N. The minimum Gasteiger partial charge on any atom is -0.398 e. The fourth-order valence-electron chi connectivity index (χ4n) is 1.69. The van der Waals surface area contributed by atoms with Gasteiger partial charge in [0, 0.05) is 22.1 Å². The zero-order valence-corrected chi connectivity index (χ0v) is 11.1. The fourth-order valence-corrected chi connectivity index (χ4v) is 2.06. The molecule has 0 bridgehead atoms. The summed E-state index contributed by atoms with van der Waals surface area (Å²) >= 11 is 3.39. The second-order valence-corrected chi connectivity index (χ2v) is 4.78. The second kappa shape index (κ2) is 5.23. The summed E-state index contributed by atoms with van der Waals surface area (Å²) in [6, 6.07) is 12.7. The molecule has 0 spiro atoms. The van der Waals surface area contributed by atoms with Gasteiger partial charge in [0.2, 0.25) is 5.91 Å². The highest BCUT2D eigenvalue weighted by atomic mass is 79.9. The van der Waals surface area contributed by atoms with Crippen LogP contribution in [-0.2, 0) is 0 Å². The Morgan fingerprint density at radius 3 is 2.56 bits per heavy atom. The summed E-state index contributed by atoms with van der Waals surface area (Å²) in [4.78, 5) is 11.3. The predicted octanol–water partition coefficient (Wildman–Crippen LogP) is 2.73. The summed E-state index contributed by atoms with van der Waals surface area (Å²) < 4.78 is 0.930. The van der Waals surface area contributed by atoms with E-state index in [9.17, 15) is 4.79 Å². The fraction of sp³-hybridized carbons (Fsp3) is 0. The van der Waals surface area contributed by atoms with E-state index in [1.807, 2.05) is 36.8 Å². The molecule has 2 rings (SSSR count). The van der Waals surface area contributed by atoms with Crippen LogP contribution in [0.15, 0.2) is 46.9 Å². The second-order valence-electron chi connectivity index (χ2n) is 3.87. The molecule has 4 N–H and O–H groups in total. The monoisotopic (exact) mass is 303 g/mol. The van der Waals surface area contributed by atoms with E-state index in [0.717, 1.165) is 15.6 Å². The Labute approximate surface area is 114 Å². The topological polar surface area (TPSA) is 69.1 Å². The molecule has 4 heteroatoms. The molecule has 0 heterocycles. The third kappa shape index (κ3) is 2.71. The number of rotatable bonds is 3. The van der Waals surface area contributed by atoms with Crippen molar-refractivity contribution in [1.29, 1.82) is 0 Å². The number of halogens is 1. The van der Waals surface area contributed by atoms with Crippen molar-refractivity contribution >= 4 is 27.5 Å². The summed E-state index contributed by atoms with van der Waals surface area (Å²) in [6.07, 6.45) is 1.85. The zero-order valence-electron chi connectivity index (χ0n) is 9.56. The van der Waals surface area contributed by atoms with Crippen LogP contribution in [0.25, 0.3) is 0 Å². The summed E-state index contributed by atoms with van der Waals surface area (Å²) in [5.41, 5.74) is 14.0. The minimum atomic E-state index is -0.449. The Kier molecular flexibility index (Phi) is 3.67. The highest BCUT2D eigenvalue weighted by Gasteiger charge is 2.09. The van der Waals surface area contributed by atoms with E-state index >= 15 is 0 Å². The van der Waals surface area contributed by atoms with E-state index in [0.29, 0.717) is 11.3 Å². The number of anilines is 1. The molecule has 18 heavy (non-hydrogen) atoms. The Morgan fingerprint density at radius 1 is 1.11 bits per heavy atom. The van der Waals surface area contributed by atoms with Crippen LogP contribution in [0.5, 0.6) is 0 Å². The molecular formula is C14H12BrN2O. The number of nitrogens with two attached hydrogens (primary N) is 2. The smallest absolute Gasteiger partial charge is 0.248 e. The molecule has 0 aliphatic rings. The number of carbonyl (C=O) groups excluding carboxylic acids is 1. The lowest BCUT2D eigenvalue weighted by Gasteiger charge is -2.09. The average Bonchev–Trinajstić information content (AvgIpc) is 2.34. The van der Waals surface area contributed by atoms with Gasteiger partial charge >= 0.3 is 0 Å². The van der Waals surface area contributed by atoms with Crippen LogP contribution >= 0.6 is 15.9 Å². The molecular weight excluding hydrogens is 292 g/mol. The largest absolute Gasteiger partial charge is 0.398 e. The lowest BCUT2D eigenvalue weighted by molar-refractivity contribution is 0.1000. The minimum absolute atomic E-state index is 0.449. The van der Waals surface area contributed by atoms with Crippen molar-refractivity contribution in [3.8, 4) is 0 Å². The lowest BCUT2D eigenvalue weighted by atomic mass is 9.98. The van der Waals surface area contributed by atoms with E-state index in [-0.39, 0.29) is 0 Å². The first-order valence-corrected chi connectivity index (χ1v) is 6.16. The normalized spacial score (nSPS) is 10.3. The van der Waals surface area contributed by atoms with Crippen LogP contribution in [-0.4, -0.2) is 5.91 Å². The first kappa shape index (κ1) is 12.6. The third-order valence-corrected chi connectivity index (χ3v) is 3.08. The van der Waals surface area contributed by atoms with Gasteiger partial charge in [0.25, 0.3) is 0 Å². The van der Waals surface area contributed by atoms with Gasteiger partial charge in [-0.1, -0.05) is 34.1 Å². The molecule has 2 aromatic carbocycles. The molecule has 1 amide bonds. The molecule has 0 atom stereocenters. The summed E-state index contributed by atoms with van der Waals surface area (Å²) in [7, 11) is 0. The van der Waals surface area contributed by atoms with Crippen molar-refractivity contribution in [1.82, 2.24) is 0 Å². The number of primary amides is 1. The third-order valence-electron chi connectivity index (χ3n) is 2.59. The number of hydrogen-bond acceptors (Lipinski definition) is 2. The van der Waals surface area contributed by atoms with Crippen molar-refractivity contribution in [2.24, 2.45) is 5.73 Å². The Bertz CT molecular complexity index is 596. The van der Waals surface area contributed by atoms with E-state index in [1.54, 1.807) is 12.1 Å². The molecule has 0 aliphatic heterocycles. The van der Waals surface area contributed by atoms with Gasteiger partial charge in [-0.15, -0.1) is 0 Å². The Balaban J connectivity index is 2.40. The number of amides is 1. The Hall–Kier alpha value is -1.81. The average molecular weight is 304 g/mol. The van der Waals surface area contributed by atoms with E-state index in [4.69, 9.17) is 11.5 Å². The van der Waals surface area contributed by atoms with Gasteiger partial charge in [-0.3, -0.25) is 4.79 Å². The van der Waals surface area contributed by atoms with E-state index in [2.05, 4.69) is 15.9 Å². The van der Waals surface area contributed by atoms with E-state index in [1.165, 1.54) is 0 Å². The van der Waals surface area contributed by atoms with Crippen LogP contribution in [0.3, 0.4) is 0 Å². The van der Waals surface area contributed by atoms with Gasteiger partial charge in [0.1, 0.15) is 0 Å². The quantitative estimate of drug-likeness (QED) is 0.856. The van der Waals surface area contributed by atoms with Gasteiger partial charge in [0.05, 0.1) is 0 Å². The predicted molar refractivity (Wildman–Crippen MR) is 76.0 cm³/mol. The molecule has 3 nitrogen and oxygen atoms in total. The maximum absolute atomic E-state index is 11.3. The molecule has 1 radical (unpaired) electrons. The molecule has 0 aromatic heterocycles. The highest BCUT2D eigenvalue weighted by Crippen LogP contribution is 2.24. The summed E-state index contributed by atoms with van der Waals surface area (Å²) in [6.45, 7) is 0. The van der Waals surface area contributed by atoms with Gasteiger partial charge < -0.3 is 11.5 Å². The van der Waals surface area contributed by atoms with Crippen LogP contribution in [0.2, 0.25) is 0 Å². The van der Waals surface area contributed by atoms with Gasteiger partial charge in [0.15, 0.2) is 0 Å². The maximum Gasteiger partial charge on any atom is 0.248 e. The molecule has 0 saturated heterocycles. The summed E-state index contributed by atoms with van der Waals surface area (Å²) in [5.74, 6) is -0.449. The van der Waals surface area contributed by atoms with Crippen molar-refractivity contribution in [2.45, 2.75) is 0 Å². The van der Waals surface area contributed by atoms with Crippen LogP contribution in [0.4, 0.5) is 5.69 Å². The van der Waals surface area contributed by atoms with Crippen LogP contribution in [0, 0.1) is 6.42 Å². The molecule has 0 aliphatic carbocycles. The first-order chi connectivity index (χ1) is 8.58. The Morgan fingerprint density at radius 2 is 1.83 bits per heavy atom. The highest BCUT2D eigenvalue weighted by molar-refractivity contribution is 9.10. The molecule has 0 saturated carbocycles. The number of nitrogen functional groups attached to an aromatic ring is 1. The first-order valence-electron chi connectivity index (χ1n) is 5.36. The van der Waals surface area contributed by atoms with Crippen molar-refractivity contribution in [3.05, 3.63) is 70.0 Å². The van der Waals surface area contributed by atoms with Crippen molar-refractivity contribution < 1.29 is 4.79 Å². The van der Waals surface area contributed by atoms with Crippen LogP contribution in [0.1, 0.15) is 21.5 Å². The van der Waals surface area contributed by atoms with Crippen LogP contribution < -0.4 is 11.5 Å². The standard InChI is InChI=1S/C14H12BrN2O/c15-11-5-6-13(16)10(8-11)7-9-3-1-2-4-12(9)14(17)18/h1-8H,16H2,(H2,17,18). The van der Waals surface area contributed by atoms with Crippen molar-refractivity contribution in [3.63, 3.8) is 0 Å². The van der Waals surface area contributed by atoms with Gasteiger partial charge in [-0.05, 0) is 35.4 Å². The number of benzene rings is 2. The molecule has 91 valence electrons.